The Bertz CT molecular complexity index is 584. The Labute approximate surface area is 125 Å². The number of aromatic nitrogens is 4. The first-order valence-electron chi connectivity index (χ1n) is 7.79. The number of nitrogens with zero attached hydrogens (tertiary/aromatic N) is 4. The highest BCUT2D eigenvalue weighted by Gasteiger charge is 2.16. The Kier molecular flexibility index (Phi) is 4.29. The molecule has 0 radical (unpaired) electrons. The normalized spacial score (nSPS) is 16.5. The minimum atomic E-state index is 0.331. The number of nitrogens with one attached hydrogen (secondary N) is 1. The van der Waals surface area contributed by atoms with Crippen LogP contribution < -0.4 is 5.32 Å². The Hall–Kier alpha value is -1.75. The van der Waals surface area contributed by atoms with Crippen molar-refractivity contribution in [3.63, 3.8) is 0 Å². The molecule has 3 heterocycles. The van der Waals surface area contributed by atoms with Crippen molar-refractivity contribution in [2.75, 3.05) is 13.1 Å². The molecular weight excluding hydrogens is 262 g/mol. The molecule has 5 heteroatoms. The van der Waals surface area contributed by atoms with E-state index in [-0.39, 0.29) is 0 Å². The fraction of sp³-hybridized carbons (Fsp3) is 0.562. The third kappa shape index (κ3) is 3.29. The minimum absolute atomic E-state index is 0.331. The number of hydrogen-bond donors (Lipinski definition) is 1. The predicted octanol–water partition coefficient (Wildman–Crippen LogP) is 2.46. The molecule has 2 aromatic heterocycles. The molecule has 5 nitrogen and oxygen atoms in total. The van der Waals surface area contributed by atoms with E-state index >= 15 is 0 Å². The van der Waals surface area contributed by atoms with Crippen molar-refractivity contribution in [2.24, 2.45) is 5.92 Å². The van der Waals surface area contributed by atoms with E-state index < -0.39 is 0 Å². The van der Waals surface area contributed by atoms with Gasteiger partial charge in [-0.15, -0.1) is 0 Å². The molecule has 3 rings (SSSR count). The Morgan fingerprint density at radius 1 is 1.29 bits per heavy atom. The molecule has 21 heavy (non-hydrogen) atoms. The zero-order valence-corrected chi connectivity index (χ0v) is 12.8. The lowest BCUT2D eigenvalue weighted by molar-refractivity contribution is 0.370. The maximum atomic E-state index is 4.46. The van der Waals surface area contributed by atoms with Crippen molar-refractivity contribution in [1.82, 2.24) is 25.1 Å². The number of piperidine rings is 1. The fourth-order valence-corrected chi connectivity index (χ4v) is 2.96. The summed E-state index contributed by atoms with van der Waals surface area (Å²) in [4.78, 5) is 8.89. The second-order valence-corrected chi connectivity index (χ2v) is 6.05. The average Bonchev–Trinajstić information content (AvgIpc) is 2.98. The van der Waals surface area contributed by atoms with Gasteiger partial charge in [-0.25, -0.2) is 9.97 Å². The van der Waals surface area contributed by atoms with Crippen LogP contribution in [0.4, 0.5) is 0 Å². The molecule has 0 amide bonds. The summed E-state index contributed by atoms with van der Waals surface area (Å²) in [5.41, 5.74) is 3.18. The first kappa shape index (κ1) is 14.2. The highest BCUT2D eigenvalue weighted by atomic mass is 15.3. The van der Waals surface area contributed by atoms with E-state index in [0.717, 1.165) is 42.5 Å². The number of rotatable bonds is 4. The van der Waals surface area contributed by atoms with Crippen LogP contribution in [-0.4, -0.2) is 32.8 Å². The first-order chi connectivity index (χ1) is 10.2. The number of hydrogen-bond acceptors (Lipinski definition) is 4. The van der Waals surface area contributed by atoms with Gasteiger partial charge in [0.25, 0.3) is 0 Å². The minimum Gasteiger partial charge on any atom is -0.317 e. The van der Waals surface area contributed by atoms with Crippen molar-refractivity contribution in [3.05, 3.63) is 30.4 Å². The molecule has 112 valence electrons. The van der Waals surface area contributed by atoms with Crippen LogP contribution in [0, 0.1) is 5.92 Å². The highest BCUT2D eigenvalue weighted by Crippen LogP contribution is 2.22. The van der Waals surface area contributed by atoms with Gasteiger partial charge in [0.2, 0.25) is 0 Å². The third-order valence-corrected chi connectivity index (χ3v) is 4.10. The van der Waals surface area contributed by atoms with Gasteiger partial charge < -0.3 is 5.32 Å². The second kappa shape index (κ2) is 6.35. The van der Waals surface area contributed by atoms with Crippen molar-refractivity contribution >= 4 is 0 Å². The zero-order chi connectivity index (χ0) is 14.7. The lowest BCUT2D eigenvalue weighted by atomic mass is 9.93. The Balaban J connectivity index is 1.80. The maximum absolute atomic E-state index is 4.46. The van der Waals surface area contributed by atoms with E-state index in [4.69, 9.17) is 0 Å². The monoisotopic (exact) mass is 285 g/mol. The summed E-state index contributed by atoms with van der Waals surface area (Å²) in [7, 11) is 0. The molecule has 1 aliphatic heterocycles. The lowest BCUT2D eigenvalue weighted by Gasteiger charge is -2.22. The summed E-state index contributed by atoms with van der Waals surface area (Å²) in [6.07, 6.45) is 7.05. The molecule has 0 bridgehead atoms. The van der Waals surface area contributed by atoms with Crippen LogP contribution in [0.3, 0.4) is 0 Å². The molecule has 0 aromatic carbocycles. The van der Waals surface area contributed by atoms with Gasteiger partial charge in [0.05, 0.1) is 11.4 Å². The largest absolute Gasteiger partial charge is 0.317 e. The predicted molar refractivity (Wildman–Crippen MR) is 82.9 cm³/mol. The molecule has 0 spiro atoms. The summed E-state index contributed by atoms with van der Waals surface area (Å²) in [6, 6.07) is 4.48. The van der Waals surface area contributed by atoms with Crippen LogP contribution in [0.5, 0.6) is 0 Å². The quantitative estimate of drug-likeness (QED) is 0.937. The van der Waals surface area contributed by atoms with Gasteiger partial charge in [0.1, 0.15) is 6.33 Å². The first-order valence-corrected chi connectivity index (χ1v) is 7.79. The van der Waals surface area contributed by atoms with Crippen LogP contribution in [0.25, 0.3) is 11.4 Å². The van der Waals surface area contributed by atoms with Crippen molar-refractivity contribution in [3.8, 4) is 11.4 Å². The van der Waals surface area contributed by atoms with E-state index in [1.54, 1.807) is 6.33 Å². The molecule has 0 atom stereocenters. The SMILES string of the molecule is CC(C)n1nccc1-c1cc(CC2CCNCC2)ncn1. The molecule has 2 aromatic rings. The second-order valence-electron chi connectivity index (χ2n) is 6.05. The van der Waals surface area contributed by atoms with Gasteiger partial charge in [-0.1, -0.05) is 0 Å². The molecule has 0 aliphatic carbocycles. The van der Waals surface area contributed by atoms with Gasteiger partial charge in [-0.2, -0.15) is 5.10 Å². The van der Waals surface area contributed by atoms with E-state index in [9.17, 15) is 0 Å². The molecule has 1 aliphatic rings. The van der Waals surface area contributed by atoms with Crippen LogP contribution in [0.2, 0.25) is 0 Å². The Morgan fingerprint density at radius 2 is 2.10 bits per heavy atom. The molecule has 1 fully saturated rings. The smallest absolute Gasteiger partial charge is 0.116 e. The van der Waals surface area contributed by atoms with Crippen LogP contribution >= 0.6 is 0 Å². The molecule has 1 saturated heterocycles. The molecule has 0 saturated carbocycles. The highest BCUT2D eigenvalue weighted by molar-refractivity contribution is 5.54. The summed E-state index contributed by atoms with van der Waals surface area (Å²) >= 11 is 0. The van der Waals surface area contributed by atoms with Crippen molar-refractivity contribution < 1.29 is 0 Å². The van der Waals surface area contributed by atoms with Gasteiger partial charge in [-0.3, -0.25) is 4.68 Å². The average molecular weight is 285 g/mol. The van der Waals surface area contributed by atoms with Crippen molar-refractivity contribution in [2.45, 2.75) is 39.2 Å². The maximum Gasteiger partial charge on any atom is 0.116 e. The lowest BCUT2D eigenvalue weighted by Crippen LogP contribution is -2.28. The van der Waals surface area contributed by atoms with E-state index in [0.29, 0.717) is 6.04 Å². The molecule has 0 unspecified atom stereocenters. The Morgan fingerprint density at radius 3 is 2.86 bits per heavy atom. The summed E-state index contributed by atoms with van der Waals surface area (Å²) in [5.74, 6) is 0.740. The van der Waals surface area contributed by atoms with Gasteiger partial charge in [-0.05, 0) is 64.3 Å². The van der Waals surface area contributed by atoms with Gasteiger partial charge in [0.15, 0.2) is 0 Å². The van der Waals surface area contributed by atoms with Crippen LogP contribution in [0.1, 0.15) is 38.4 Å². The summed E-state index contributed by atoms with van der Waals surface area (Å²) in [6.45, 7) is 6.52. The summed E-state index contributed by atoms with van der Waals surface area (Å²) < 4.78 is 2.01. The molecular formula is C16H23N5. The van der Waals surface area contributed by atoms with Gasteiger partial charge in [0, 0.05) is 17.9 Å². The summed E-state index contributed by atoms with van der Waals surface area (Å²) in [5, 5.41) is 7.80. The van der Waals surface area contributed by atoms with Gasteiger partial charge >= 0.3 is 0 Å². The zero-order valence-electron chi connectivity index (χ0n) is 12.8. The van der Waals surface area contributed by atoms with E-state index in [1.165, 1.54) is 12.8 Å². The van der Waals surface area contributed by atoms with Crippen LogP contribution in [0.15, 0.2) is 24.7 Å². The standard InChI is InChI=1S/C16H23N5/c1-12(2)21-16(5-8-20-21)15-10-14(18-11-19-15)9-13-3-6-17-7-4-13/h5,8,10-13,17H,3-4,6-7,9H2,1-2H3. The van der Waals surface area contributed by atoms with E-state index in [1.807, 2.05) is 16.9 Å². The molecule has 1 N–H and O–H groups in total. The van der Waals surface area contributed by atoms with Crippen molar-refractivity contribution in [1.29, 1.82) is 0 Å². The fourth-order valence-electron chi connectivity index (χ4n) is 2.96. The topological polar surface area (TPSA) is 55.6 Å². The third-order valence-electron chi connectivity index (χ3n) is 4.10. The van der Waals surface area contributed by atoms with Crippen LogP contribution in [-0.2, 0) is 6.42 Å². The van der Waals surface area contributed by atoms with E-state index in [2.05, 4.69) is 40.3 Å².